The van der Waals surface area contributed by atoms with Crippen LogP contribution in [0.2, 0.25) is 0 Å². The number of hydrogen-bond donors (Lipinski definition) is 1. The molecule has 0 spiro atoms. The Bertz CT molecular complexity index is 740. The number of carbonyl (C=O) groups is 1. The molecule has 140 valence electrons. The number of hydrogen-bond acceptors (Lipinski definition) is 3. The molecular formula is C19H21ClF2N2OS. The van der Waals surface area contributed by atoms with Crippen molar-refractivity contribution in [2.45, 2.75) is 29.0 Å². The molecule has 2 aromatic rings. The Morgan fingerprint density at radius 1 is 1.08 bits per heavy atom. The predicted octanol–water partition coefficient (Wildman–Crippen LogP) is 4.17. The van der Waals surface area contributed by atoms with Crippen LogP contribution in [0.4, 0.5) is 8.78 Å². The zero-order valence-corrected chi connectivity index (χ0v) is 15.7. The van der Waals surface area contributed by atoms with Crippen LogP contribution >= 0.6 is 24.2 Å². The number of thioether (sulfide) groups is 1. The first kappa shape index (κ1) is 20.7. The third-order valence-electron chi connectivity index (χ3n) is 4.32. The lowest BCUT2D eigenvalue weighted by molar-refractivity contribution is -0.131. The molecule has 1 aliphatic heterocycles. The average molecular weight is 399 g/mol. The smallest absolute Gasteiger partial charge is 0.240 e. The highest BCUT2D eigenvalue weighted by molar-refractivity contribution is 8.00. The summed E-state index contributed by atoms with van der Waals surface area (Å²) in [5.74, 6) is -1.82. The summed E-state index contributed by atoms with van der Waals surface area (Å²) in [6.07, 6.45) is 1.56. The third-order valence-corrected chi connectivity index (χ3v) is 5.56. The minimum absolute atomic E-state index is 0. The molecule has 1 amide bonds. The SMILES string of the molecule is Cl.NC1CCN(C(=O)C(Sc2ccc(F)c(F)c2)c2ccccc2)CC1. The van der Waals surface area contributed by atoms with Crippen molar-refractivity contribution in [1.82, 2.24) is 4.90 Å². The Hall–Kier alpha value is -1.63. The lowest BCUT2D eigenvalue weighted by Crippen LogP contribution is -2.44. The fraction of sp³-hybridized carbons (Fsp3) is 0.316. The second kappa shape index (κ2) is 9.35. The fourth-order valence-corrected chi connectivity index (χ4v) is 3.99. The first-order valence-corrected chi connectivity index (χ1v) is 9.13. The second-order valence-electron chi connectivity index (χ2n) is 6.15. The lowest BCUT2D eigenvalue weighted by Gasteiger charge is -2.33. The van der Waals surface area contributed by atoms with Crippen molar-refractivity contribution < 1.29 is 13.6 Å². The predicted molar refractivity (Wildman–Crippen MR) is 102 cm³/mol. The van der Waals surface area contributed by atoms with E-state index in [1.54, 1.807) is 0 Å². The topological polar surface area (TPSA) is 46.3 Å². The molecule has 3 nitrogen and oxygen atoms in total. The first-order valence-electron chi connectivity index (χ1n) is 8.25. The maximum absolute atomic E-state index is 13.5. The van der Waals surface area contributed by atoms with Crippen LogP contribution in [0.3, 0.4) is 0 Å². The van der Waals surface area contributed by atoms with Gasteiger partial charge in [-0.3, -0.25) is 4.79 Å². The van der Waals surface area contributed by atoms with Gasteiger partial charge in [0.25, 0.3) is 0 Å². The molecule has 1 atom stereocenters. The van der Waals surface area contributed by atoms with Crippen molar-refractivity contribution in [3.8, 4) is 0 Å². The van der Waals surface area contributed by atoms with Crippen LogP contribution in [0, 0.1) is 11.6 Å². The highest BCUT2D eigenvalue weighted by atomic mass is 35.5. The summed E-state index contributed by atoms with van der Waals surface area (Å²) >= 11 is 1.24. The quantitative estimate of drug-likeness (QED) is 0.786. The highest BCUT2D eigenvalue weighted by Crippen LogP contribution is 2.37. The van der Waals surface area contributed by atoms with E-state index in [1.165, 1.54) is 17.8 Å². The standard InChI is InChI=1S/C19H20F2N2OS.ClH/c20-16-7-6-15(12-17(16)21)25-18(13-4-2-1-3-5-13)19(24)23-10-8-14(22)9-11-23;/h1-7,12,14,18H,8-11,22H2;1H. The van der Waals surface area contributed by atoms with Crippen molar-refractivity contribution in [1.29, 1.82) is 0 Å². The number of rotatable bonds is 4. The molecule has 1 saturated heterocycles. The van der Waals surface area contributed by atoms with Crippen LogP contribution in [-0.2, 0) is 4.79 Å². The molecule has 1 unspecified atom stereocenters. The summed E-state index contributed by atoms with van der Waals surface area (Å²) in [4.78, 5) is 15.4. The van der Waals surface area contributed by atoms with E-state index >= 15 is 0 Å². The Morgan fingerprint density at radius 3 is 2.35 bits per heavy atom. The van der Waals surface area contributed by atoms with Crippen LogP contribution in [0.15, 0.2) is 53.4 Å². The number of amides is 1. The molecule has 1 heterocycles. The summed E-state index contributed by atoms with van der Waals surface area (Å²) < 4.78 is 26.7. The van der Waals surface area contributed by atoms with E-state index in [4.69, 9.17) is 5.73 Å². The first-order chi connectivity index (χ1) is 12.0. The van der Waals surface area contributed by atoms with Gasteiger partial charge in [-0.2, -0.15) is 0 Å². The average Bonchev–Trinajstić information content (AvgIpc) is 2.63. The van der Waals surface area contributed by atoms with Gasteiger partial charge in [-0.25, -0.2) is 8.78 Å². The Kier molecular flexibility index (Phi) is 7.43. The molecule has 26 heavy (non-hydrogen) atoms. The van der Waals surface area contributed by atoms with Gasteiger partial charge in [-0.1, -0.05) is 30.3 Å². The van der Waals surface area contributed by atoms with Crippen molar-refractivity contribution in [3.63, 3.8) is 0 Å². The zero-order chi connectivity index (χ0) is 17.8. The number of benzene rings is 2. The van der Waals surface area contributed by atoms with Crippen molar-refractivity contribution in [2.75, 3.05) is 13.1 Å². The largest absolute Gasteiger partial charge is 0.341 e. The minimum atomic E-state index is -0.909. The Morgan fingerprint density at radius 2 is 1.73 bits per heavy atom. The van der Waals surface area contributed by atoms with Crippen molar-refractivity contribution >= 4 is 30.1 Å². The molecule has 1 fully saturated rings. The van der Waals surface area contributed by atoms with Gasteiger partial charge >= 0.3 is 0 Å². The van der Waals surface area contributed by atoms with E-state index in [9.17, 15) is 13.6 Å². The Labute approximate surface area is 162 Å². The summed E-state index contributed by atoms with van der Waals surface area (Å²) in [7, 11) is 0. The van der Waals surface area contributed by atoms with E-state index in [0.717, 1.165) is 30.5 Å². The molecule has 0 saturated carbocycles. The van der Waals surface area contributed by atoms with Gasteiger partial charge in [0, 0.05) is 24.0 Å². The summed E-state index contributed by atoms with van der Waals surface area (Å²) in [5, 5.41) is -0.500. The van der Waals surface area contributed by atoms with E-state index in [2.05, 4.69) is 0 Å². The number of likely N-dealkylation sites (tertiary alicyclic amines) is 1. The van der Waals surface area contributed by atoms with Gasteiger partial charge in [-0.05, 0) is 36.6 Å². The van der Waals surface area contributed by atoms with Crippen LogP contribution < -0.4 is 5.73 Å². The van der Waals surface area contributed by atoms with Gasteiger partial charge in [0.15, 0.2) is 11.6 Å². The number of nitrogens with zero attached hydrogens (tertiary/aromatic N) is 1. The van der Waals surface area contributed by atoms with Crippen LogP contribution in [0.1, 0.15) is 23.7 Å². The van der Waals surface area contributed by atoms with Gasteiger partial charge in [-0.15, -0.1) is 24.2 Å². The highest BCUT2D eigenvalue weighted by Gasteiger charge is 2.29. The van der Waals surface area contributed by atoms with Crippen molar-refractivity contribution in [3.05, 3.63) is 65.7 Å². The molecule has 7 heteroatoms. The second-order valence-corrected chi connectivity index (χ2v) is 7.33. The summed E-state index contributed by atoms with van der Waals surface area (Å²) in [5.41, 5.74) is 6.76. The molecule has 0 aromatic heterocycles. The molecular weight excluding hydrogens is 378 g/mol. The molecule has 0 radical (unpaired) electrons. The zero-order valence-electron chi connectivity index (χ0n) is 14.1. The van der Waals surface area contributed by atoms with E-state index in [1.807, 2.05) is 35.2 Å². The molecule has 2 N–H and O–H groups in total. The molecule has 1 aliphatic rings. The Balaban J connectivity index is 0.00000243. The van der Waals surface area contributed by atoms with E-state index < -0.39 is 16.9 Å². The molecule has 0 aliphatic carbocycles. The monoisotopic (exact) mass is 398 g/mol. The molecule has 0 bridgehead atoms. The number of piperidine rings is 1. The van der Waals surface area contributed by atoms with Gasteiger partial charge < -0.3 is 10.6 Å². The van der Waals surface area contributed by atoms with Crippen LogP contribution in [0.5, 0.6) is 0 Å². The number of carbonyl (C=O) groups excluding carboxylic acids is 1. The molecule has 3 rings (SSSR count). The van der Waals surface area contributed by atoms with Gasteiger partial charge in [0.1, 0.15) is 5.25 Å². The fourth-order valence-electron chi connectivity index (χ4n) is 2.86. The van der Waals surface area contributed by atoms with E-state index in [-0.39, 0.29) is 24.4 Å². The van der Waals surface area contributed by atoms with Gasteiger partial charge in [0.05, 0.1) is 0 Å². The summed E-state index contributed by atoms with van der Waals surface area (Å²) in [6, 6.07) is 13.2. The van der Waals surface area contributed by atoms with Crippen molar-refractivity contribution in [2.24, 2.45) is 5.73 Å². The van der Waals surface area contributed by atoms with E-state index in [0.29, 0.717) is 18.0 Å². The van der Waals surface area contributed by atoms with Gasteiger partial charge in [0.2, 0.25) is 5.91 Å². The lowest BCUT2D eigenvalue weighted by atomic mass is 10.0. The summed E-state index contributed by atoms with van der Waals surface area (Å²) in [6.45, 7) is 1.25. The normalized spacial score (nSPS) is 16.0. The molecule has 2 aromatic carbocycles. The third kappa shape index (κ3) is 4.96. The van der Waals surface area contributed by atoms with Crippen LogP contribution in [0.25, 0.3) is 0 Å². The minimum Gasteiger partial charge on any atom is -0.341 e. The number of nitrogens with two attached hydrogens (primary N) is 1. The maximum atomic E-state index is 13.5. The van der Waals surface area contributed by atoms with Crippen LogP contribution in [-0.4, -0.2) is 29.9 Å². The number of halogens is 3. The maximum Gasteiger partial charge on any atom is 0.240 e.